The molecule has 0 saturated carbocycles. The molecule has 2 aromatic carbocycles. The monoisotopic (exact) mass is 367 g/mol. The van der Waals surface area contributed by atoms with Crippen LogP contribution in [0.2, 0.25) is 5.02 Å². The number of hydrogen-bond acceptors (Lipinski definition) is 3. The minimum absolute atomic E-state index is 0.649. The molecular formula is C21H22ClN3O. The summed E-state index contributed by atoms with van der Waals surface area (Å²) in [5, 5.41) is 5.17. The van der Waals surface area contributed by atoms with Crippen molar-refractivity contribution >= 4 is 44.3 Å². The molecule has 0 fully saturated rings. The summed E-state index contributed by atoms with van der Waals surface area (Å²) in [4.78, 5) is 7.03. The van der Waals surface area contributed by atoms with Crippen molar-refractivity contribution in [2.75, 3.05) is 27.2 Å². The van der Waals surface area contributed by atoms with Crippen LogP contribution >= 0.6 is 11.6 Å². The van der Waals surface area contributed by atoms with E-state index in [2.05, 4.69) is 41.8 Å². The third-order valence-electron chi connectivity index (χ3n) is 4.75. The van der Waals surface area contributed by atoms with E-state index in [9.17, 15) is 0 Å². The second kappa shape index (κ2) is 6.78. The van der Waals surface area contributed by atoms with Crippen LogP contribution in [0.25, 0.3) is 32.7 Å². The van der Waals surface area contributed by atoms with Gasteiger partial charge >= 0.3 is 0 Å². The number of rotatable bonds is 5. The molecule has 0 aliphatic carbocycles. The average Bonchev–Trinajstić information content (AvgIpc) is 2.90. The Morgan fingerprint density at radius 3 is 2.62 bits per heavy atom. The Labute approximate surface area is 157 Å². The van der Waals surface area contributed by atoms with Crippen molar-refractivity contribution in [1.82, 2.24) is 14.5 Å². The standard InChI is InChI=1S/C21H22ClN3O/c1-24(2)11-6-12-26-21-16-8-5-4-7-15(16)19-17-13-14(22)9-10-18(17)25(3)20(19)23-21/h4-5,7-10,13H,6,11-12H2,1-3H3. The number of benzene rings is 2. The second-order valence-corrected chi connectivity index (χ2v) is 7.32. The number of nitrogens with zero attached hydrogens (tertiary/aromatic N) is 3. The van der Waals surface area contributed by atoms with E-state index < -0.39 is 0 Å². The number of fused-ring (bicyclic) bond motifs is 5. The molecule has 0 atom stereocenters. The van der Waals surface area contributed by atoms with E-state index in [-0.39, 0.29) is 0 Å². The first-order chi connectivity index (χ1) is 12.6. The quantitative estimate of drug-likeness (QED) is 0.472. The van der Waals surface area contributed by atoms with Gasteiger partial charge < -0.3 is 14.2 Å². The maximum atomic E-state index is 6.26. The lowest BCUT2D eigenvalue weighted by Gasteiger charge is -2.12. The van der Waals surface area contributed by atoms with Gasteiger partial charge in [0.25, 0.3) is 0 Å². The molecule has 26 heavy (non-hydrogen) atoms. The normalized spacial score (nSPS) is 11.9. The fourth-order valence-electron chi connectivity index (χ4n) is 3.50. The Morgan fingerprint density at radius 2 is 1.85 bits per heavy atom. The summed E-state index contributed by atoms with van der Waals surface area (Å²) in [6, 6.07) is 14.3. The molecule has 0 unspecified atom stereocenters. The van der Waals surface area contributed by atoms with Crippen LogP contribution in [0.4, 0.5) is 0 Å². The van der Waals surface area contributed by atoms with Crippen LogP contribution in [0, 0.1) is 0 Å². The molecule has 134 valence electrons. The first kappa shape index (κ1) is 17.1. The van der Waals surface area contributed by atoms with E-state index >= 15 is 0 Å². The molecule has 0 spiro atoms. The number of halogens is 1. The van der Waals surface area contributed by atoms with Crippen LogP contribution < -0.4 is 4.74 Å². The largest absolute Gasteiger partial charge is 0.477 e. The van der Waals surface area contributed by atoms with Crippen LogP contribution in [0.3, 0.4) is 0 Å². The Hall–Kier alpha value is -2.30. The molecule has 4 nitrogen and oxygen atoms in total. The number of pyridine rings is 1. The Morgan fingerprint density at radius 1 is 1.08 bits per heavy atom. The highest BCUT2D eigenvalue weighted by molar-refractivity contribution is 6.32. The zero-order chi connectivity index (χ0) is 18.3. The molecule has 0 amide bonds. The van der Waals surface area contributed by atoms with E-state index in [0.29, 0.717) is 12.5 Å². The highest BCUT2D eigenvalue weighted by Crippen LogP contribution is 2.37. The maximum Gasteiger partial charge on any atom is 0.223 e. The molecule has 0 saturated heterocycles. The minimum atomic E-state index is 0.649. The number of hydrogen-bond donors (Lipinski definition) is 0. The summed E-state index contributed by atoms with van der Waals surface area (Å²) in [5.74, 6) is 0.698. The van der Waals surface area contributed by atoms with Crippen molar-refractivity contribution < 1.29 is 4.74 Å². The van der Waals surface area contributed by atoms with Gasteiger partial charge in [-0.1, -0.05) is 29.8 Å². The van der Waals surface area contributed by atoms with Crippen molar-refractivity contribution in [3.63, 3.8) is 0 Å². The smallest absolute Gasteiger partial charge is 0.223 e. The topological polar surface area (TPSA) is 30.3 Å². The summed E-state index contributed by atoms with van der Waals surface area (Å²) >= 11 is 6.26. The highest BCUT2D eigenvalue weighted by Gasteiger charge is 2.16. The van der Waals surface area contributed by atoms with E-state index in [1.807, 2.05) is 31.3 Å². The van der Waals surface area contributed by atoms with Crippen LogP contribution in [0.15, 0.2) is 42.5 Å². The van der Waals surface area contributed by atoms with Crippen molar-refractivity contribution in [3.05, 3.63) is 47.5 Å². The fourth-order valence-corrected chi connectivity index (χ4v) is 3.68. The third-order valence-corrected chi connectivity index (χ3v) is 4.99. The van der Waals surface area contributed by atoms with Crippen molar-refractivity contribution in [2.45, 2.75) is 6.42 Å². The molecule has 4 rings (SSSR count). The summed E-state index contributed by atoms with van der Waals surface area (Å²) < 4.78 is 8.19. The summed E-state index contributed by atoms with van der Waals surface area (Å²) in [6.07, 6.45) is 0.964. The predicted octanol–water partition coefficient (Wildman–Crippen LogP) is 4.86. The highest BCUT2D eigenvalue weighted by atomic mass is 35.5. The van der Waals surface area contributed by atoms with Crippen molar-refractivity contribution in [1.29, 1.82) is 0 Å². The van der Waals surface area contributed by atoms with Crippen LogP contribution in [-0.4, -0.2) is 41.7 Å². The van der Waals surface area contributed by atoms with Gasteiger partial charge in [-0.25, -0.2) is 0 Å². The zero-order valence-electron chi connectivity index (χ0n) is 15.3. The van der Waals surface area contributed by atoms with Gasteiger partial charge in [-0.3, -0.25) is 0 Å². The molecule has 0 radical (unpaired) electrons. The van der Waals surface area contributed by atoms with Crippen molar-refractivity contribution in [2.24, 2.45) is 7.05 Å². The molecule has 0 N–H and O–H groups in total. The number of ether oxygens (including phenoxy) is 1. The summed E-state index contributed by atoms with van der Waals surface area (Å²) in [6.45, 7) is 1.64. The van der Waals surface area contributed by atoms with Gasteiger partial charge in [0.2, 0.25) is 5.88 Å². The van der Waals surface area contributed by atoms with Crippen LogP contribution in [0.1, 0.15) is 6.42 Å². The average molecular weight is 368 g/mol. The third kappa shape index (κ3) is 2.89. The first-order valence-electron chi connectivity index (χ1n) is 8.80. The van der Waals surface area contributed by atoms with Gasteiger partial charge in [-0.15, -0.1) is 0 Å². The minimum Gasteiger partial charge on any atom is -0.477 e. The Kier molecular flexibility index (Phi) is 4.47. The lowest BCUT2D eigenvalue weighted by Crippen LogP contribution is -2.15. The molecule has 0 bridgehead atoms. The molecule has 5 heteroatoms. The first-order valence-corrected chi connectivity index (χ1v) is 9.18. The molecule has 4 aromatic rings. The van der Waals surface area contributed by atoms with Gasteiger partial charge in [-0.2, -0.15) is 4.98 Å². The van der Waals surface area contributed by atoms with Gasteiger partial charge in [0.15, 0.2) is 0 Å². The van der Waals surface area contributed by atoms with E-state index in [1.165, 1.54) is 0 Å². The molecular weight excluding hydrogens is 346 g/mol. The van der Waals surface area contributed by atoms with E-state index in [1.54, 1.807) is 0 Å². The van der Waals surface area contributed by atoms with Crippen LogP contribution in [-0.2, 0) is 7.05 Å². The summed E-state index contributed by atoms with van der Waals surface area (Å²) in [7, 11) is 6.18. The summed E-state index contributed by atoms with van der Waals surface area (Å²) in [5.41, 5.74) is 2.04. The SMILES string of the molecule is CN(C)CCCOc1nc2c(c3ccccc13)c1cc(Cl)ccc1n2C. The maximum absolute atomic E-state index is 6.26. The Bertz CT molecular complexity index is 1100. The van der Waals surface area contributed by atoms with E-state index in [0.717, 1.165) is 50.7 Å². The molecule has 0 aliphatic rings. The van der Waals surface area contributed by atoms with Crippen molar-refractivity contribution in [3.8, 4) is 5.88 Å². The number of aromatic nitrogens is 2. The van der Waals surface area contributed by atoms with Gasteiger partial charge in [0.1, 0.15) is 5.65 Å². The molecule has 2 heterocycles. The van der Waals surface area contributed by atoms with Gasteiger partial charge in [0, 0.05) is 34.8 Å². The zero-order valence-corrected chi connectivity index (χ0v) is 16.0. The van der Waals surface area contributed by atoms with Gasteiger partial charge in [-0.05, 0) is 50.2 Å². The van der Waals surface area contributed by atoms with Crippen LogP contribution in [0.5, 0.6) is 5.88 Å². The van der Waals surface area contributed by atoms with E-state index in [4.69, 9.17) is 21.3 Å². The number of aryl methyl sites for hydroxylation is 1. The molecule has 0 aliphatic heterocycles. The fraction of sp³-hybridized carbons (Fsp3) is 0.286. The lowest BCUT2D eigenvalue weighted by molar-refractivity contribution is 0.276. The lowest BCUT2D eigenvalue weighted by atomic mass is 10.1. The Balaban J connectivity index is 1.90. The second-order valence-electron chi connectivity index (χ2n) is 6.89. The van der Waals surface area contributed by atoms with Gasteiger partial charge in [0.05, 0.1) is 12.1 Å². The molecule has 2 aromatic heterocycles. The predicted molar refractivity (Wildman–Crippen MR) is 109 cm³/mol.